The first-order valence-corrected chi connectivity index (χ1v) is 13.2. The highest BCUT2D eigenvalue weighted by atomic mass is 16.5. The van der Waals surface area contributed by atoms with Gasteiger partial charge >= 0.3 is 0 Å². The normalized spacial score (nSPS) is 14.8. The molecule has 0 bridgehead atoms. The molecule has 4 rings (SSSR count). The van der Waals surface area contributed by atoms with E-state index in [0.29, 0.717) is 48.2 Å². The molecule has 1 aromatic heterocycles. The van der Waals surface area contributed by atoms with Gasteiger partial charge in [-0.05, 0) is 49.6 Å². The number of benzene rings is 2. The molecule has 2 heterocycles. The second kappa shape index (κ2) is 12.0. The Balaban J connectivity index is 1.76. The molecule has 0 saturated heterocycles. The van der Waals surface area contributed by atoms with Crippen LogP contribution >= 0.6 is 0 Å². The molecule has 0 saturated carbocycles. The second-order valence-electron chi connectivity index (χ2n) is 9.18. The number of hydrogen-bond acceptors (Lipinski definition) is 5. The van der Waals surface area contributed by atoms with Crippen LogP contribution in [0.1, 0.15) is 87.0 Å². The van der Waals surface area contributed by atoms with Gasteiger partial charge in [0.25, 0.3) is 5.91 Å². The van der Waals surface area contributed by atoms with Crippen LogP contribution in [0.2, 0.25) is 0 Å². The molecule has 0 radical (unpaired) electrons. The summed E-state index contributed by atoms with van der Waals surface area (Å²) in [5.41, 5.74) is 3.40. The fourth-order valence-corrected chi connectivity index (χ4v) is 4.80. The lowest BCUT2D eigenvalue weighted by atomic mass is 9.95. The van der Waals surface area contributed by atoms with Gasteiger partial charge in [0.2, 0.25) is 0 Å². The Kier molecular flexibility index (Phi) is 8.52. The molecule has 192 valence electrons. The number of aromatic amines is 1. The number of aromatic nitrogens is 2. The number of para-hydroxylation sites is 1. The van der Waals surface area contributed by atoms with Gasteiger partial charge in [0.05, 0.1) is 19.3 Å². The number of phenols is 1. The second-order valence-corrected chi connectivity index (χ2v) is 9.18. The van der Waals surface area contributed by atoms with Crippen molar-refractivity contribution >= 4 is 5.91 Å². The summed E-state index contributed by atoms with van der Waals surface area (Å²) in [5.74, 6) is 1.45. The highest BCUT2D eigenvalue weighted by Crippen LogP contribution is 2.46. The quantitative estimate of drug-likeness (QED) is 0.267. The Bertz CT molecular complexity index is 1170. The summed E-state index contributed by atoms with van der Waals surface area (Å²) in [7, 11) is 0. The van der Waals surface area contributed by atoms with Gasteiger partial charge < -0.3 is 19.5 Å². The number of carbonyl (C=O) groups is 1. The Hall–Kier alpha value is -3.48. The van der Waals surface area contributed by atoms with Crippen LogP contribution in [-0.4, -0.2) is 45.9 Å². The Morgan fingerprint density at radius 3 is 2.50 bits per heavy atom. The first kappa shape index (κ1) is 25.6. The van der Waals surface area contributed by atoms with Gasteiger partial charge in [-0.3, -0.25) is 9.89 Å². The zero-order valence-electron chi connectivity index (χ0n) is 21.5. The minimum Gasteiger partial charge on any atom is -0.507 e. The van der Waals surface area contributed by atoms with Gasteiger partial charge in [0.15, 0.2) is 11.5 Å². The van der Waals surface area contributed by atoms with Crippen molar-refractivity contribution in [1.29, 1.82) is 0 Å². The number of nitrogens with one attached hydrogen (secondary N) is 1. The number of phenolic OH excluding ortho intramolecular Hbond substituents is 1. The Morgan fingerprint density at radius 1 is 0.972 bits per heavy atom. The van der Waals surface area contributed by atoms with E-state index < -0.39 is 0 Å². The number of hydrogen-bond donors (Lipinski definition) is 2. The van der Waals surface area contributed by atoms with Crippen LogP contribution in [0, 0.1) is 0 Å². The molecule has 2 aromatic carbocycles. The number of fused-ring (bicyclic) bond motifs is 1. The first-order chi connectivity index (χ1) is 17.6. The number of amides is 1. The third-order valence-corrected chi connectivity index (χ3v) is 6.61. The SMILES string of the molecule is CCCCCOc1ccc(C2c3c(-c4ccccc4O)n[nH]c3C(=O)N2CCCCC)cc1OCC. The number of H-pyrrole nitrogens is 1. The van der Waals surface area contributed by atoms with E-state index in [9.17, 15) is 9.90 Å². The van der Waals surface area contributed by atoms with Gasteiger partial charge in [-0.15, -0.1) is 0 Å². The maximum absolute atomic E-state index is 13.5. The maximum atomic E-state index is 13.5. The van der Waals surface area contributed by atoms with E-state index in [0.717, 1.165) is 49.7 Å². The minimum atomic E-state index is -0.342. The largest absolute Gasteiger partial charge is 0.507 e. The van der Waals surface area contributed by atoms with Gasteiger partial charge in [0, 0.05) is 17.7 Å². The van der Waals surface area contributed by atoms with Crippen molar-refractivity contribution in [2.24, 2.45) is 0 Å². The van der Waals surface area contributed by atoms with Crippen LogP contribution in [-0.2, 0) is 0 Å². The van der Waals surface area contributed by atoms with Crippen LogP contribution < -0.4 is 9.47 Å². The molecule has 0 spiro atoms. The maximum Gasteiger partial charge on any atom is 0.273 e. The molecule has 1 amide bonds. The third kappa shape index (κ3) is 5.20. The van der Waals surface area contributed by atoms with E-state index in [2.05, 4.69) is 24.0 Å². The molecular weight excluding hydrogens is 454 g/mol. The predicted octanol–water partition coefficient (Wildman–Crippen LogP) is 6.49. The summed E-state index contributed by atoms with van der Waals surface area (Å²) in [6, 6.07) is 12.7. The number of carbonyl (C=O) groups excluding carboxylic acids is 1. The fraction of sp³-hybridized carbons (Fsp3) is 0.448. The predicted molar refractivity (Wildman–Crippen MR) is 141 cm³/mol. The van der Waals surface area contributed by atoms with E-state index in [1.165, 1.54) is 0 Å². The van der Waals surface area contributed by atoms with Crippen LogP contribution in [0.15, 0.2) is 42.5 Å². The molecule has 7 nitrogen and oxygen atoms in total. The summed E-state index contributed by atoms with van der Waals surface area (Å²) >= 11 is 0. The van der Waals surface area contributed by atoms with Crippen molar-refractivity contribution in [2.75, 3.05) is 19.8 Å². The highest BCUT2D eigenvalue weighted by Gasteiger charge is 2.42. The molecule has 1 atom stereocenters. The van der Waals surface area contributed by atoms with E-state index in [1.54, 1.807) is 12.1 Å². The lowest BCUT2D eigenvalue weighted by Gasteiger charge is -2.27. The molecule has 0 fully saturated rings. The molecule has 36 heavy (non-hydrogen) atoms. The van der Waals surface area contributed by atoms with E-state index in [4.69, 9.17) is 9.47 Å². The minimum absolute atomic E-state index is 0.0712. The molecule has 2 N–H and O–H groups in total. The van der Waals surface area contributed by atoms with E-state index in [1.807, 2.05) is 42.2 Å². The molecule has 1 unspecified atom stereocenters. The third-order valence-electron chi connectivity index (χ3n) is 6.61. The number of rotatable bonds is 13. The van der Waals surface area contributed by atoms with Gasteiger partial charge in [-0.2, -0.15) is 5.10 Å². The number of nitrogens with zero attached hydrogens (tertiary/aromatic N) is 2. The summed E-state index contributed by atoms with van der Waals surface area (Å²) in [6.07, 6.45) is 6.28. The monoisotopic (exact) mass is 491 g/mol. The van der Waals surface area contributed by atoms with Gasteiger partial charge in [-0.25, -0.2) is 0 Å². The van der Waals surface area contributed by atoms with Crippen LogP contribution in [0.5, 0.6) is 17.2 Å². The topological polar surface area (TPSA) is 87.7 Å². The molecule has 1 aliphatic heterocycles. The van der Waals surface area contributed by atoms with Crippen molar-refractivity contribution in [1.82, 2.24) is 15.1 Å². The first-order valence-electron chi connectivity index (χ1n) is 13.2. The lowest BCUT2D eigenvalue weighted by molar-refractivity contribution is 0.0740. The van der Waals surface area contributed by atoms with Crippen LogP contribution in [0.4, 0.5) is 0 Å². The van der Waals surface area contributed by atoms with Crippen molar-refractivity contribution in [2.45, 2.75) is 65.3 Å². The summed E-state index contributed by atoms with van der Waals surface area (Å²) < 4.78 is 12.0. The summed E-state index contributed by atoms with van der Waals surface area (Å²) in [5, 5.41) is 18.0. The van der Waals surface area contributed by atoms with Crippen molar-refractivity contribution in [3.63, 3.8) is 0 Å². The standard InChI is InChI=1S/C29H37N3O4/c1-4-7-11-17-32-28(20-15-16-23(24(19-20)35-6-3)36-18-12-8-5-2)25-26(30-31-27(25)29(32)34)21-13-9-10-14-22(21)33/h9-10,13-16,19,28,33H,4-8,11-12,17-18H2,1-3H3,(H,30,31). The Morgan fingerprint density at radius 2 is 1.75 bits per heavy atom. The van der Waals surface area contributed by atoms with Gasteiger partial charge in [0.1, 0.15) is 17.1 Å². The van der Waals surface area contributed by atoms with E-state index >= 15 is 0 Å². The highest BCUT2D eigenvalue weighted by molar-refractivity contribution is 6.00. The van der Waals surface area contributed by atoms with Gasteiger partial charge in [-0.1, -0.05) is 57.7 Å². The zero-order chi connectivity index (χ0) is 25.5. The summed E-state index contributed by atoms with van der Waals surface area (Å²) in [6.45, 7) is 8.07. The fourth-order valence-electron chi connectivity index (χ4n) is 4.80. The number of ether oxygens (including phenoxy) is 2. The van der Waals surface area contributed by atoms with Crippen molar-refractivity contribution in [3.8, 4) is 28.5 Å². The average Bonchev–Trinajstić information content (AvgIpc) is 3.42. The Labute approximate surface area is 213 Å². The zero-order valence-corrected chi connectivity index (χ0v) is 21.5. The van der Waals surface area contributed by atoms with Crippen LogP contribution in [0.3, 0.4) is 0 Å². The molecular formula is C29H37N3O4. The smallest absolute Gasteiger partial charge is 0.273 e. The summed E-state index contributed by atoms with van der Waals surface area (Å²) in [4.78, 5) is 15.4. The lowest BCUT2D eigenvalue weighted by Crippen LogP contribution is -2.30. The molecule has 7 heteroatoms. The molecule has 3 aromatic rings. The van der Waals surface area contributed by atoms with Crippen LogP contribution in [0.25, 0.3) is 11.3 Å². The van der Waals surface area contributed by atoms with Crippen molar-refractivity contribution in [3.05, 3.63) is 59.3 Å². The molecule has 1 aliphatic rings. The average molecular weight is 492 g/mol. The molecule has 0 aliphatic carbocycles. The number of unbranched alkanes of at least 4 members (excludes halogenated alkanes) is 4. The van der Waals surface area contributed by atoms with Crippen molar-refractivity contribution < 1.29 is 19.4 Å². The number of aromatic hydroxyl groups is 1. The van der Waals surface area contributed by atoms with E-state index in [-0.39, 0.29) is 17.7 Å².